The number of ether oxygens (including phenoxy) is 1. The van der Waals surface area contributed by atoms with Crippen molar-refractivity contribution in [3.63, 3.8) is 0 Å². The predicted molar refractivity (Wildman–Crippen MR) is 90.9 cm³/mol. The number of anilines is 1. The van der Waals surface area contributed by atoms with Crippen LogP contribution in [0.25, 0.3) is 22.0 Å². The van der Waals surface area contributed by atoms with Crippen molar-refractivity contribution in [1.82, 2.24) is 9.97 Å². The van der Waals surface area contributed by atoms with Gasteiger partial charge >= 0.3 is 0 Å². The van der Waals surface area contributed by atoms with Gasteiger partial charge in [-0.2, -0.15) is 0 Å². The molecule has 0 aliphatic rings. The van der Waals surface area contributed by atoms with Gasteiger partial charge in [0.05, 0.1) is 11.4 Å². The summed E-state index contributed by atoms with van der Waals surface area (Å²) in [5.74, 6) is 0.658. The molecule has 0 bridgehead atoms. The Labute approximate surface area is 132 Å². The van der Waals surface area contributed by atoms with Crippen LogP contribution in [0.2, 0.25) is 0 Å². The third kappa shape index (κ3) is 2.99. The van der Waals surface area contributed by atoms with Gasteiger partial charge in [-0.3, -0.25) is 4.98 Å². The molecule has 0 aliphatic heterocycles. The number of rotatable bonds is 5. The van der Waals surface area contributed by atoms with E-state index in [4.69, 9.17) is 10.5 Å². The number of hydrogen-bond donors (Lipinski definition) is 1. The Balaban J connectivity index is 1.87. The lowest BCUT2D eigenvalue weighted by atomic mass is 10.2. The van der Waals surface area contributed by atoms with Gasteiger partial charge in [-0.1, -0.05) is 18.7 Å². The number of hydrogen-bond acceptors (Lipinski definition) is 5. The van der Waals surface area contributed by atoms with E-state index in [-0.39, 0.29) is 0 Å². The van der Waals surface area contributed by atoms with Crippen LogP contribution in [0, 0.1) is 0 Å². The number of pyridine rings is 1. The van der Waals surface area contributed by atoms with Crippen LogP contribution >= 0.6 is 11.3 Å². The quantitative estimate of drug-likeness (QED) is 0.571. The Morgan fingerprint density at radius 1 is 1.23 bits per heavy atom. The van der Waals surface area contributed by atoms with Crippen molar-refractivity contribution in [1.29, 1.82) is 0 Å². The van der Waals surface area contributed by atoms with E-state index in [1.165, 1.54) is 0 Å². The summed E-state index contributed by atoms with van der Waals surface area (Å²) in [6, 6.07) is 11.5. The molecule has 3 aromatic rings. The highest BCUT2D eigenvalue weighted by Crippen LogP contribution is 2.32. The fourth-order valence-corrected chi connectivity index (χ4v) is 2.81. The van der Waals surface area contributed by atoms with Crippen molar-refractivity contribution in [3.05, 3.63) is 60.6 Å². The summed E-state index contributed by atoms with van der Waals surface area (Å²) >= 11 is 1.57. The summed E-state index contributed by atoms with van der Waals surface area (Å²) in [6.45, 7) is 4.06. The van der Waals surface area contributed by atoms with Crippen LogP contribution in [0.3, 0.4) is 0 Å². The third-order valence-corrected chi connectivity index (χ3v) is 3.94. The van der Waals surface area contributed by atoms with Crippen LogP contribution in [0.5, 0.6) is 5.75 Å². The average Bonchev–Trinajstić information content (AvgIpc) is 3.04. The van der Waals surface area contributed by atoms with E-state index < -0.39 is 0 Å². The zero-order chi connectivity index (χ0) is 15.4. The molecule has 0 saturated heterocycles. The molecule has 3 rings (SSSR count). The molecule has 0 aliphatic carbocycles. The molecule has 0 amide bonds. The lowest BCUT2D eigenvalue weighted by molar-refractivity contribution is 0.365. The lowest BCUT2D eigenvalue weighted by Crippen LogP contribution is -1.97. The zero-order valence-electron chi connectivity index (χ0n) is 11.9. The first-order valence-electron chi connectivity index (χ1n) is 6.78. The van der Waals surface area contributed by atoms with Gasteiger partial charge in [0.25, 0.3) is 0 Å². The van der Waals surface area contributed by atoms with E-state index in [0.29, 0.717) is 18.0 Å². The number of benzene rings is 1. The highest BCUT2D eigenvalue weighted by molar-refractivity contribution is 7.13. The molecular formula is C17H15N3OS. The van der Waals surface area contributed by atoms with Gasteiger partial charge in [0.1, 0.15) is 23.1 Å². The Hall–Kier alpha value is -2.66. The van der Waals surface area contributed by atoms with E-state index in [1.807, 2.05) is 41.8 Å². The fraction of sp³-hybridized carbons (Fsp3) is 0.0588. The number of nitrogen functional groups attached to an aromatic ring is 1. The highest BCUT2D eigenvalue weighted by Gasteiger charge is 2.09. The van der Waals surface area contributed by atoms with Crippen LogP contribution in [0.1, 0.15) is 0 Å². The predicted octanol–water partition coefficient (Wildman–Crippen LogP) is 4.02. The summed E-state index contributed by atoms with van der Waals surface area (Å²) < 4.78 is 5.48. The first-order valence-corrected chi connectivity index (χ1v) is 7.66. The summed E-state index contributed by atoms with van der Waals surface area (Å²) in [4.78, 5) is 8.94. The number of aromatic nitrogens is 2. The monoisotopic (exact) mass is 309 g/mol. The Kier molecular flexibility index (Phi) is 4.16. The minimum absolute atomic E-state index is 0.435. The van der Waals surface area contributed by atoms with E-state index in [0.717, 1.165) is 22.0 Å². The molecule has 2 N–H and O–H groups in total. The van der Waals surface area contributed by atoms with Crippen molar-refractivity contribution in [2.75, 3.05) is 12.3 Å². The van der Waals surface area contributed by atoms with E-state index in [2.05, 4.69) is 16.5 Å². The van der Waals surface area contributed by atoms with Crippen LogP contribution in [-0.2, 0) is 0 Å². The van der Waals surface area contributed by atoms with E-state index in [1.54, 1.807) is 23.6 Å². The number of thiazole rings is 1. The maximum Gasteiger partial charge on any atom is 0.142 e. The average molecular weight is 309 g/mol. The minimum atomic E-state index is 0.435. The molecule has 4 nitrogen and oxygen atoms in total. The van der Waals surface area contributed by atoms with Gasteiger partial charge in [0.2, 0.25) is 0 Å². The van der Waals surface area contributed by atoms with Crippen molar-refractivity contribution in [2.45, 2.75) is 0 Å². The van der Waals surface area contributed by atoms with E-state index in [9.17, 15) is 0 Å². The lowest BCUT2D eigenvalue weighted by Gasteiger charge is -2.07. The summed E-state index contributed by atoms with van der Waals surface area (Å²) in [7, 11) is 0. The molecule has 0 unspecified atom stereocenters. The van der Waals surface area contributed by atoms with E-state index >= 15 is 0 Å². The van der Waals surface area contributed by atoms with Crippen LogP contribution in [0.15, 0.2) is 60.6 Å². The number of nitrogens with two attached hydrogens (primary N) is 1. The smallest absolute Gasteiger partial charge is 0.142 e. The van der Waals surface area contributed by atoms with Gasteiger partial charge in [-0.15, -0.1) is 11.3 Å². The molecular weight excluding hydrogens is 294 g/mol. The zero-order valence-corrected chi connectivity index (χ0v) is 12.7. The molecule has 0 saturated carbocycles. The maximum absolute atomic E-state index is 6.02. The second kappa shape index (κ2) is 6.41. The van der Waals surface area contributed by atoms with Crippen molar-refractivity contribution in [3.8, 4) is 27.7 Å². The fourth-order valence-electron chi connectivity index (χ4n) is 2.00. The van der Waals surface area contributed by atoms with Crippen LogP contribution < -0.4 is 10.5 Å². The summed E-state index contributed by atoms with van der Waals surface area (Å²) in [6.07, 6.45) is 3.45. The first kappa shape index (κ1) is 14.3. The molecule has 5 heteroatoms. The molecule has 1 aromatic carbocycles. The van der Waals surface area contributed by atoms with Gasteiger partial charge < -0.3 is 10.5 Å². The van der Waals surface area contributed by atoms with Crippen molar-refractivity contribution >= 4 is 17.0 Å². The molecule has 22 heavy (non-hydrogen) atoms. The molecule has 0 atom stereocenters. The number of nitrogens with zero attached hydrogens (tertiary/aromatic N) is 2. The summed E-state index contributed by atoms with van der Waals surface area (Å²) in [5, 5.41) is 2.90. The molecule has 0 radical (unpaired) electrons. The second-order valence-electron chi connectivity index (χ2n) is 4.61. The van der Waals surface area contributed by atoms with Crippen molar-refractivity contribution in [2.24, 2.45) is 0 Å². The maximum atomic E-state index is 6.02. The second-order valence-corrected chi connectivity index (χ2v) is 5.46. The molecule has 0 fully saturated rings. The Morgan fingerprint density at radius 3 is 2.86 bits per heavy atom. The largest absolute Gasteiger partial charge is 0.487 e. The standard InChI is InChI=1S/C17H15N3OS/c1-2-9-21-16-7-6-12(10-13(16)18)17-20-15(11-22-17)14-5-3-4-8-19-14/h2-8,10-11H,1,9,18H2. The van der Waals surface area contributed by atoms with Crippen LogP contribution in [0.4, 0.5) is 5.69 Å². The highest BCUT2D eigenvalue weighted by atomic mass is 32.1. The first-order chi connectivity index (χ1) is 10.8. The Morgan fingerprint density at radius 2 is 2.14 bits per heavy atom. The summed E-state index contributed by atoms with van der Waals surface area (Å²) in [5.41, 5.74) is 9.31. The molecule has 2 aromatic heterocycles. The topological polar surface area (TPSA) is 61.0 Å². The third-order valence-electron chi connectivity index (χ3n) is 3.04. The molecule has 110 valence electrons. The van der Waals surface area contributed by atoms with Gasteiger partial charge in [0.15, 0.2) is 0 Å². The molecule has 2 heterocycles. The van der Waals surface area contributed by atoms with Crippen molar-refractivity contribution < 1.29 is 4.74 Å². The van der Waals surface area contributed by atoms with Crippen LogP contribution in [-0.4, -0.2) is 16.6 Å². The normalized spacial score (nSPS) is 10.4. The van der Waals surface area contributed by atoms with Gasteiger partial charge in [0, 0.05) is 17.1 Å². The minimum Gasteiger partial charge on any atom is -0.487 e. The molecule has 0 spiro atoms. The van der Waals surface area contributed by atoms with Gasteiger partial charge in [-0.25, -0.2) is 4.98 Å². The SMILES string of the molecule is C=CCOc1ccc(-c2nc(-c3ccccn3)cs2)cc1N. The Bertz CT molecular complexity index is 784. The van der Waals surface area contributed by atoms with Gasteiger partial charge in [-0.05, 0) is 30.3 Å².